The molecule has 0 aliphatic carbocycles. The van der Waals surface area contributed by atoms with Gasteiger partial charge < -0.3 is 16.8 Å². The Morgan fingerprint density at radius 1 is 1.56 bits per heavy atom. The summed E-state index contributed by atoms with van der Waals surface area (Å²) in [4.78, 5) is 11.2. The van der Waals surface area contributed by atoms with Crippen molar-refractivity contribution >= 4 is 23.2 Å². The van der Waals surface area contributed by atoms with Gasteiger partial charge in [-0.1, -0.05) is 18.5 Å². The minimum Gasteiger partial charge on any atom is -0.383 e. The van der Waals surface area contributed by atoms with E-state index in [9.17, 15) is 4.79 Å². The zero-order valence-corrected chi connectivity index (χ0v) is 9.92. The highest BCUT2D eigenvalue weighted by atomic mass is 35.5. The Labute approximate surface area is 100.0 Å². The van der Waals surface area contributed by atoms with Crippen molar-refractivity contribution in [1.29, 1.82) is 0 Å². The van der Waals surface area contributed by atoms with E-state index >= 15 is 0 Å². The van der Waals surface area contributed by atoms with Gasteiger partial charge in [0.05, 0.1) is 5.56 Å². The summed E-state index contributed by atoms with van der Waals surface area (Å²) in [5.74, 6) is -0.505. The number of anilines is 1. The number of nitrogens with one attached hydrogen (secondary N) is 1. The quantitative estimate of drug-likeness (QED) is 0.732. The number of carbonyl (C=O) groups excluding carboxylic acids is 1. The lowest BCUT2D eigenvalue weighted by atomic mass is 10.1. The second-order valence-corrected chi connectivity index (χ2v) is 4.04. The monoisotopic (exact) mass is 241 g/mol. The Kier molecular flexibility index (Phi) is 4.58. The van der Waals surface area contributed by atoms with E-state index in [2.05, 4.69) is 5.32 Å². The van der Waals surface area contributed by atoms with Crippen molar-refractivity contribution in [3.8, 4) is 0 Å². The molecule has 4 nitrogen and oxygen atoms in total. The lowest BCUT2D eigenvalue weighted by Crippen LogP contribution is -2.28. The van der Waals surface area contributed by atoms with Crippen LogP contribution in [0.2, 0.25) is 5.02 Å². The highest BCUT2D eigenvalue weighted by molar-refractivity contribution is 6.31. The van der Waals surface area contributed by atoms with E-state index in [1.54, 1.807) is 18.2 Å². The predicted octanol–water partition coefficient (Wildman–Crippen LogP) is 1.59. The van der Waals surface area contributed by atoms with Gasteiger partial charge in [0.25, 0.3) is 5.91 Å². The number of amides is 1. The summed E-state index contributed by atoms with van der Waals surface area (Å²) >= 11 is 5.79. The lowest BCUT2D eigenvalue weighted by molar-refractivity contribution is 0.100. The first-order valence-corrected chi connectivity index (χ1v) is 5.51. The highest BCUT2D eigenvalue weighted by Crippen LogP contribution is 2.20. The van der Waals surface area contributed by atoms with Crippen molar-refractivity contribution in [3.63, 3.8) is 0 Å². The van der Waals surface area contributed by atoms with Crippen LogP contribution in [0, 0.1) is 0 Å². The Morgan fingerprint density at radius 3 is 2.81 bits per heavy atom. The van der Waals surface area contributed by atoms with Crippen LogP contribution in [0.3, 0.4) is 0 Å². The molecule has 0 saturated carbocycles. The van der Waals surface area contributed by atoms with Gasteiger partial charge >= 0.3 is 0 Å². The van der Waals surface area contributed by atoms with Crippen molar-refractivity contribution in [2.75, 3.05) is 11.9 Å². The van der Waals surface area contributed by atoms with Gasteiger partial charge in [0.2, 0.25) is 0 Å². The number of rotatable bonds is 5. The molecule has 0 aromatic heterocycles. The van der Waals surface area contributed by atoms with Crippen LogP contribution in [0.4, 0.5) is 5.69 Å². The Balaban J connectivity index is 2.82. The van der Waals surface area contributed by atoms with E-state index < -0.39 is 5.91 Å². The Bertz CT molecular complexity index is 381. The Morgan fingerprint density at radius 2 is 2.25 bits per heavy atom. The van der Waals surface area contributed by atoms with E-state index in [-0.39, 0.29) is 6.04 Å². The summed E-state index contributed by atoms with van der Waals surface area (Å²) in [5, 5.41) is 3.57. The molecule has 0 saturated heterocycles. The van der Waals surface area contributed by atoms with Crippen LogP contribution in [0.15, 0.2) is 18.2 Å². The van der Waals surface area contributed by atoms with E-state index in [1.165, 1.54) is 0 Å². The molecule has 5 heteroatoms. The molecule has 88 valence electrons. The SMILES string of the molecule is CCC(N)CNc1ccc(Cl)cc1C(N)=O. The molecule has 1 aromatic carbocycles. The van der Waals surface area contributed by atoms with Gasteiger partial charge in [0.1, 0.15) is 0 Å². The topological polar surface area (TPSA) is 81.1 Å². The molecule has 1 atom stereocenters. The van der Waals surface area contributed by atoms with Crippen LogP contribution in [-0.2, 0) is 0 Å². The minimum atomic E-state index is -0.505. The maximum absolute atomic E-state index is 11.2. The van der Waals surface area contributed by atoms with E-state index in [1.807, 2.05) is 6.92 Å². The summed E-state index contributed by atoms with van der Waals surface area (Å²) in [6.07, 6.45) is 0.868. The van der Waals surface area contributed by atoms with E-state index in [0.29, 0.717) is 22.8 Å². The smallest absolute Gasteiger partial charge is 0.250 e. The van der Waals surface area contributed by atoms with Gasteiger partial charge in [-0.25, -0.2) is 0 Å². The van der Waals surface area contributed by atoms with Crippen LogP contribution in [0.5, 0.6) is 0 Å². The van der Waals surface area contributed by atoms with Gasteiger partial charge in [-0.2, -0.15) is 0 Å². The van der Waals surface area contributed by atoms with Crippen LogP contribution in [-0.4, -0.2) is 18.5 Å². The molecule has 16 heavy (non-hydrogen) atoms. The standard InChI is InChI=1S/C11H16ClN3O/c1-2-8(13)6-15-10-4-3-7(12)5-9(10)11(14)16/h3-5,8,15H,2,6,13H2,1H3,(H2,14,16). The number of primary amides is 1. The predicted molar refractivity (Wildman–Crippen MR) is 66.7 cm³/mol. The molecule has 5 N–H and O–H groups in total. The maximum Gasteiger partial charge on any atom is 0.250 e. The average molecular weight is 242 g/mol. The molecule has 0 radical (unpaired) electrons. The third-order valence-corrected chi connectivity index (χ3v) is 2.56. The summed E-state index contributed by atoms with van der Waals surface area (Å²) in [7, 11) is 0. The molecule has 1 aromatic rings. The second-order valence-electron chi connectivity index (χ2n) is 3.60. The van der Waals surface area contributed by atoms with Crippen LogP contribution in [0.1, 0.15) is 23.7 Å². The highest BCUT2D eigenvalue weighted by Gasteiger charge is 2.09. The number of nitrogens with two attached hydrogens (primary N) is 2. The van der Waals surface area contributed by atoms with Crippen molar-refractivity contribution in [1.82, 2.24) is 0 Å². The summed E-state index contributed by atoms with van der Waals surface area (Å²) < 4.78 is 0. The maximum atomic E-state index is 11.2. The number of benzene rings is 1. The van der Waals surface area contributed by atoms with Gasteiger partial charge in [0, 0.05) is 23.3 Å². The molecule has 0 fully saturated rings. The Hall–Kier alpha value is -1.26. The van der Waals surface area contributed by atoms with Crippen LogP contribution in [0.25, 0.3) is 0 Å². The fraction of sp³-hybridized carbons (Fsp3) is 0.364. The zero-order valence-electron chi connectivity index (χ0n) is 9.16. The van der Waals surface area contributed by atoms with Gasteiger partial charge in [0.15, 0.2) is 0 Å². The fourth-order valence-corrected chi connectivity index (χ4v) is 1.43. The third kappa shape index (κ3) is 3.40. The first kappa shape index (κ1) is 12.8. The van der Waals surface area contributed by atoms with Crippen molar-refractivity contribution in [3.05, 3.63) is 28.8 Å². The molecule has 1 rings (SSSR count). The first-order valence-electron chi connectivity index (χ1n) is 5.13. The van der Waals surface area contributed by atoms with Crippen LogP contribution < -0.4 is 16.8 Å². The minimum absolute atomic E-state index is 0.0522. The molecule has 0 aliphatic rings. The van der Waals surface area contributed by atoms with Gasteiger partial charge in [-0.15, -0.1) is 0 Å². The largest absolute Gasteiger partial charge is 0.383 e. The molecule has 0 aliphatic heterocycles. The molecular formula is C11H16ClN3O. The number of hydrogen-bond acceptors (Lipinski definition) is 3. The number of halogens is 1. The van der Waals surface area contributed by atoms with Gasteiger partial charge in [-0.05, 0) is 24.6 Å². The molecular weight excluding hydrogens is 226 g/mol. The number of hydrogen-bond donors (Lipinski definition) is 3. The summed E-state index contributed by atoms with van der Waals surface area (Å²) in [5.41, 5.74) is 12.1. The van der Waals surface area contributed by atoms with Crippen molar-refractivity contribution in [2.45, 2.75) is 19.4 Å². The van der Waals surface area contributed by atoms with Gasteiger partial charge in [-0.3, -0.25) is 4.79 Å². The third-order valence-electron chi connectivity index (χ3n) is 2.33. The zero-order chi connectivity index (χ0) is 12.1. The second kappa shape index (κ2) is 5.72. The van der Waals surface area contributed by atoms with Crippen LogP contribution >= 0.6 is 11.6 Å². The average Bonchev–Trinajstić information content (AvgIpc) is 2.26. The molecule has 0 heterocycles. The van der Waals surface area contributed by atoms with Crippen molar-refractivity contribution in [2.24, 2.45) is 11.5 Å². The van der Waals surface area contributed by atoms with E-state index in [4.69, 9.17) is 23.1 Å². The summed E-state index contributed by atoms with van der Waals surface area (Å²) in [6, 6.07) is 5.03. The molecule has 0 bridgehead atoms. The fourth-order valence-electron chi connectivity index (χ4n) is 1.26. The molecule has 0 spiro atoms. The first-order chi connectivity index (χ1) is 7.54. The van der Waals surface area contributed by atoms with Crippen molar-refractivity contribution < 1.29 is 4.79 Å². The number of carbonyl (C=O) groups is 1. The normalized spacial score (nSPS) is 12.2. The lowest BCUT2D eigenvalue weighted by Gasteiger charge is -2.13. The van der Waals surface area contributed by atoms with E-state index in [0.717, 1.165) is 6.42 Å². The molecule has 1 amide bonds. The molecule has 1 unspecified atom stereocenters. The summed E-state index contributed by atoms with van der Waals surface area (Å²) in [6.45, 7) is 2.60.